The van der Waals surface area contributed by atoms with Crippen LogP contribution in [0.5, 0.6) is 5.75 Å². The Bertz CT molecular complexity index is 1500. The number of rotatable bonds is 3. The summed E-state index contributed by atoms with van der Waals surface area (Å²) in [6.07, 6.45) is -0.00261. The van der Waals surface area contributed by atoms with Crippen molar-refractivity contribution in [2.45, 2.75) is 38.7 Å². The summed E-state index contributed by atoms with van der Waals surface area (Å²) in [5.41, 5.74) is 6.34. The third-order valence-corrected chi connectivity index (χ3v) is 8.05. The summed E-state index contributed by atoms with van der Waals surface area (Å²) in [6, 6.07) is 7.68. The van der Waals surface area contributed by atoms with E-state index >= 15 is 0 Å². The molecule has 38 heavy (non-hydrogen) atoms. The molecule has 9 heteroatoms. The van der Waals surface area contributed by atoms with Crippen LogP contribution in [0.1, 0.15) is 35.1 Å². The number of hydrogen-bond donors (Lipinski definition) is 5. The van der Waals surface area contributed by atoms with Gasteiger partial charge >= 0.3 is 0 Å². The number of nitrogens with two attached hydrogens (primary N) is 1. The van der Waals surface area contributed by atoms with Crippen molar-refractivity contribution in [3.63, 3.8) is 0 Å². The third kappa shape index (κ3) is 3.45. The Balaban J connectivity index is 1.76. The number of carbonyl (C=O) groups is 3. The minimum atomic E-state index is -2.58. The molecule has 1 saturated carbocycles. The fraction of sp³-hybridized carbons (Fsp3) is 0.345. The molecule has 0 heterocycles. The standard InChI is InChI=1S/C29H30N2O7/c1-12-5-13(2)7-14(6-12)17-11-19(31(3)4)18-9-15-8-16-10-20(32)23(28(30)37)27(36)29(16,38)26(35)21(15)25(34)22(18)24(17)33/h5-7,11,15-16,33-34,36,38H,8-10H2,1-4H3,(H2,30,37). The normalized spacial score (nSPS) is 24.7. The number of carbonyl (C=O) groups excluding carboxylic acids is 3. The van der Waals surface area contributed by atoms with Crippen molar-refractivity contribution < 1.29 is 34.8 Å². The van der Waals surface area contributed by atoms with Crippen LogP contribution in [0.2, 0.25) is 0 Å². The number of Topliss-reactive ketones (excluding diaryl/α,β-unsaturated/α-hetero) is 2. The van der Waals surface area contributed by atoms with Crippen molar-refractivity contribution in [3.8, 4) is 16.9 Å². The summed E-state index contributed by atoms with van der Waals surface area (Å²) in [5.74, 6) is -6.36. The number of primary amides is 1. The molecular formula is C29H30N2O7. The largest absolute Gasteiger partial charge is 0.508 e. The molecule has 5 rings (SSSR count). The fourth-order valence-corrected chi connectivity index (χ4v) is 6.42. The van der Waals surface area contributed by atoms with E-state index in [1.165, 1.54) is 0 Å². The van der Waals surface area contributed by atoms with Crippen LogP contribution in [0.15, 0.2) is 41.2 Å². The van der Waals surface area contributed by atoms with Crippen molar-refractivity contribution in [1.82, 2.24) is 0 Å². The van der Waals surface area contributed by atoms with Gasteiger partial charge in [-0.05, 0) is 49.8 Å². The molecule has 1 amide bonds. The Morgan fingerprint density at radius 2 is 1.66 bits per heavy atom. The van der Waals surface area contributed by atoms with E-state index in [9.17, 15) is 34.8 Å². The van der Waals surface area contributed by atoms with E-state index in [-0.39, 0.29) is 36.1 Å². The molecule has 3 aliphatic carbocycles. The maximum absolute atomic E-state index is 13.8. The van der Waals surface area contributed by atoms with Gasteiger partial charge in [0, 0.05) is 43.3 Å². The molecule has 0 radical (unpaired) electrons. The van der Waals surface area contributed by atoms with Crippen LogP contribution in [-0.2, 0) is 20.8 Å². The number of hydrogen-bond acceptors (Lipinski definition) is 8. The zero-order chi connectivity index (χ0) is 27.8. The van der Waals surface area contributed by atoms with Crippen LogP contribution < -0.4 is 10.6 Å². The molecule has 3 atom stereocenters. The lowest BCUT2D eigenvalue weighted by Gasteiger charge is -2.46. The predicted molar refractivity (Wildman–Crippen MR) is 141 cm³/mol. The molecule has 0 spiro atoms. The van der Waals surface area contributed by atoms with Gasteiger partial charge < -0.3 is 31.1 Å². The molecule has 1 fully saturated rings. The second-order valence-electron chi connectivity index (χ2n) is 10.8. The second kappa shape index (κ2) is 8.46. The molecule has 3 unspecified atom stereocenters. The monoisotopic (exact) mass is 518 g/mol. The number of benzene rings is 2. The lowest BCUT2D eigenvalue weighted by Crippen LogP contribution is -2.58. The minimum absolute atomic E-state index is 0.0810. The average molecular weight is 519 g/mol. The lowest BCUT2D eigenvalue weighted by atomic mass is 9.59. The highest BCUT2D eigenvalue weighted by Crippen LogP contribution is 2.54. The molecular weight excluding hydrogens is 488 g/mol. The predicted octanol–water partition coefficient (Wildman–Crippen LogP) is 2.77. The Kier molecular flexibility index (Phi) is 5.68. The van der Waals surface area contributed by atoms with E-state index in [0.717, 1.165) is 22.4 Å². The summed E-state index contributed by atoms with van der Waals surface area (Å²) in [7, 11) is 3.68. The van der Waals surface area contributed by atoms with Gasteiger partial charge in [-0.15, -0.1) is 0 Å². The van der Waals surface area contributed by atoms with Crippen molar-refractivity contribution in [2.24, 2.45) is 17.6 Å². The quantitative estimate of drug-likeness (QED) is 0.388. The Hall–Kier alpha value is -4.11. The molecule has 9 nitrogen and oxygen atoms in total. The van der Waals surface area contributed by atoms with E-state index in [0.29, 0.717) is 11.1 Å². The second-order valence-corrected chi connectivity index (χ2v) is 10.8. The van der Waals surface area contributed by atoms with Crippen LogP contribution in [0.25, 0.3) is 16.9 Å². The van der Waals surface area contributed by atoms with Crippen molar-refractivity contribution in [1.29, 1.82) is 0 Å². The average Bonchev–Trinajstić information content (AvgIpc) is 2.80. The first-order valence-electron chi connectivity index (χ1n) is 12.4. The van der Waals surface area contributed by atoms with Gasteiger partial charge in [0.1, 0.15) is 22.8 Å². The molecule has 0 aliphatic heterocycles. The van der Waals surface area contributed by atoms with E-state index in [4.69, 9.17) is 5.73 Å². The van der Waals surface area contributed by atoms with E-state index in [1.54, 1.807) is 0 Å². The molecule has 2 aromatic carbocycles. The van der Waals surface area contributed by atoms with Crippen molar-refractivity contribution in [3.05, 3.63) is 63.4 Å². The van der Waals surface area contributed by atoms with Gasteiger partial charge in [0.15, 0.2) is 11.4 Å². The first-order chi connectivity index (χ1) is 17.8. The maximum Gasteiger partial charge on any atom is 0.255 e. The zero-order valence-electron chi connectivity index (χ0n) is 21.6. The van der Waals surface area contributed by atoms with Gasteiger partial charge in [-0.1, -0.05) is 29.3 Å². The van der Waals surface area contributed by atoms with Crippen molar-refractivity contribution in [2.75, 3.05) is 19.0 Å². The molecule has 0 bridgehead atoms. The van der Waals surface area contributed by atoms with Gasteiger partial charge in [0.25, 0.3) is 5.91 Å². The van der Waals surface area contributed by atoms with Gasteiger partial charge in [-0.2, -0.15) is 0 Å². The highest BCUT2D eigenvalue weighted by Gasteiger charge is 2.60. The van der Waals surface area contributed by atoms with Gasteiger partial charge in [0.2, 0.25) is 5.78 Å². The summed E-state index contributed by atoms with van der Waals surface area (Å²) < 4.78 is 0. The molecule has 6 N–H and O–H groups in total. The molecule has 0 aromatic heterocycles. The Labute approximate surface area is 219 Å². The number of phenols is 1. The number of nitrogens with zero attached hydrogens (tertiary/aromatic N) is 1. The lowest BCUT2D eigenvalue weighted by molar-refractivity contribution is -0.147. The number of phenolic OH excluding ortho intramolecular Hbond substituents is 1. The number of fused-ring (bicyclic) bond motifs is 3. The number of aliphatic hydroxyl groups is 3. The summed E-state index contributed by atoms with van der Waals surface area (Å²) in [5, 5.41) is 45.2. The molecule has 2 aromatic rings. The summed E-state index contributed by atoms with van der Waals surface area (Å²) in [6.45, 7) is 3.88. The summed E-state index contributed by atoms with van der Waals surface area (Å²) in [4.78, 5) is 40.0. The fourth-order valence-electron chi connectivity index (χ4n) is 6.42. The van der Waals surface area contributed by atoms with Crippen LogP contribution in [-0.4, -0.2) is 57.6 Å². The molecule has 3 aliphatic rings. The summed E-state index contributed by atoms with van der Waals surface area (Å²) >= 11 is 0. The topological polar surface area (TPSA) is 161 Å². The van der Waals surface area contributed by atoms with Crippen LogP contribution in [0.3, 0.4) is 0 Å². The van der Waals surface area contributed by atoms with E-state index in [2.05, 4.69) is 0 Å². The number of ketones is 2. The van der Waals surface area contributed by atoms with Gasteiger partial charge in [-0.25, -0.2) is 0 Å². The molecule has 0 saturated heterocycles. The Morgan fingerprint density at radius 3 is 2.24 bits per heavy atom. The number of anilines is 1. The van der Waals surface area contributed by atoms with Crippen LogP contribution in [0.4, 0.5) is 5.69 Å². The van der Waals surface area contributed by atoms with Crippen LogP contribution >= 0.6 is 0 Å². The third-order valence-electron chi connectivity index (χ3n) is 8.05. The van der Waals surface area contributed by atoms with E-state index in [1.807, 2.05) is 57.1 Å². The van der Waals surface area contributed by atoms with Crippen molar-refractivity contribution >= 4 is 28.9 Å². The zero-order valence-corrected chi connectivity index (χ0v) is 21.6. The van der Waals surface area contributed by atoms with Crippen LogP contribution in [0, 0.1) is 25.7 Å². The van der Waals surface area contributed by atoms with E-state index < -0.39 is 52.0 Å². The Morgan fingerprint density at radius 1 is 1.03 bits per heavy atom. The number of aromatic hydroxyl groups is 1. The number of aliphatic hydroxyl groups excluding tert-OH is 2. The number of aryl methyl sites for hydroxylation is 2. The first-order valence-corrected chi connectivity index (χ1v) is 12.4. The highest BCUT2D eigenvalue weighted by atomic mass is 16.3. The highest BCUT2D eigenvalue weighted by molar-refractivity contribution is 6.22. The SMILES string of the molecule is Cc1cc(C)cc(-c2cc(N(C)C)c3c(c2O)C(O)=C2C(=O)C4(O)C(O)=C(C(N)=O)C(=O)CC4CC2C3)c1. The minimum Gasteiger partial charge on any atom is -0.508 e. The van der Waals surface area contributed by atoms with Gasteiger partial charge in [-0.3, -0.25) is 14.4 Å². The number of amides is 1. The van der Waals surface area contributed by atoms with Gasteiger partial charge in [0.05, 0.1) is 5.56 Å². The smallest absolute Gasteiger partial charge is 0.255 e. The maximum atomic E-state index is 13.8. The first kappa shape index (κ1) is 25.5. The molecule has 198 valence electrons.